The van der Waals surface area contributed by atoms with E-state index in [2.05, 4.69) is 5.32 Å². The lowest BCUT2D eigenvalue weighted by Crippen LogP contribution is -2.29. The summed E-state index contributed by atoms with van der Waals surface area (Å²) in [6, 6.07) is 17.8. The molecular weight excluding hydrogens is 533 g/mol. The third kappa shape index (κ3) is 4.63. The molecule has 5 rings (SSSR count). The molecule has 0 aromatic heterocycles. The quantitative estimate of drug-likeness (QED) is 0.323. The van der Waals surface area contributed by atoms with Crippen molar-refractivity contribution in [1.82, 2.24) is 5.32 Å². The number of halogens is 3. The number of carbonyl (C=O) groups is 2. The number of ketones is 1. The highest BCUT2D eigenvalue weighted by Crippen LogP contribution is 2.47. The molecule has 0 unspecified atom stereocenters. The van der Waals surface area contributed by atoms with Gasteiger partial charge in [0.05, 0.1) is 22.9 Å². The highest BCUT2D eigenvalue weighted by Gasteiger charge is 2.43. The van der Waals surface area contributed by atoms with Crippen molar-refractivity contribution in [3.63, 3.8) is 0 Å². The zero-order valence-corrected chi connectivity index (χ0v) is 22.3. The number of Topliss-reactive ketones (excluding diaryl/α,β-unsaturated/α-hetero) is 1. The average Bonchev–Trinajstić information content (AvgIpc) is 3.15. The van der Waals surface area contributed by atoms with E-state index in [9.17, 15) is 9.59 Å². The molecule has 0 fully saturated rings. The third-order valence-electron chi connectivity index (χ3n) is 6.43. The van der Waals surface area contributed by atoms with Gasteiger partial charge in [-0.1, -0.05) is 71.2 Å². The molecule has 37 heavy (non-hydrogen) atoms. The molecule has 0 amide bonds. The van der Waals surface area contributed by atoms with Crippen LogP contribution in [-0.4, -0.2) is 18.4 Å². The summed E-state index contributed by atoms with van der Waals surface area (Å²) in [5.41, 5.74) is 5.03. The summed E-state index contributed by atoms with van der Waals surface area (Å²) in [7, 11) is 0. The molecule has 8 heteroatoms. The van der Waals surface area contributed by atoms with Crippen LogP contribution in [0.5, 0.6) is 5.75 Å². The average molecular weight is 555 g/mol. The zero-order chi connectivity index (χ0) is 26.3. The van der Waals surface area contributed by atoms with Crippen molar-refractivity contribution in [2.24, 2.45) is 0 Å². The lowest BCUT2D eigenvalue weighted by molar-refractivity contribution is -0.138. The summed E-state index contributed by atoms with van der Waals surface area (Å²) in [6.45, 7) is 3.96. The van der Waals surface area contributed by atoms with Gasteiger partial charge in [0.15, 0.2) is 5.78 Å². The van der Waals surface area contributed by atoms with Gasteiger partial charge in [0.25, 0.3) is 0 Å². The van der Waals surface area contributed by atoms with E-state index in [4.69, 9.17) is 44.3 Å². The summed E-state index contributed by atoms with van der Waals surface area (Å²) >= 11 is 18.9. The maximum absolute atomic E-state index is 13.6. The minimum absolute atomic E-state index is 0.133. The Morgan fingerprint density at radius 1 is 0.973 bits per heavy atom. The second kappa shape index (κ2) is 10.3. The Labute approximate surface area is 229 Å². The molecule has 0 bridgehead atoms. The van der Waals surface area contributed by atoms with E-state index in [1.165, 1.54) is 0 Å². The number of benzene rings is 3. The van der Waals surface area contributed by atoms with Gasteiger partial charge in [-0.2, -0.15) is 0 Å². The first-order chi connectivity index (χ1) is 17.8. The fraction of sp³-hybridized carbons (Fsp3) is 0.172. The summed E-state index contributed by atoms with van der Waals surface area (Å²) in [5.74, 6) is -0.834. The van der Waals surface area contributed by atoms with Crippen LogP contribution in [0.2, 0.25) is 15.1 Å². The highest BCUT2D eigenvalue weighted by molar-refractivity contribution is 6.35. The summed E-state index contributed by atoms with van der Waals surface area (Å²) in [5, 5.41) is 4.66. The molecule has 1 atom stereocenters. The number of nitrogens with one attached hydrogen (secondary N) is 1. The normalized spacial score (nSPS) is 16.4. The van der Waals surface area contributed by atoms with Crippen LogP contribution in [0.25, 0.3) is 5.70 Å². The molecule has 2 aliphatic rings. The van der Waals surface area contributed by atoms with Gasteiger partial charge in [0.1, 0.15) is 12.4 Å². The van der Waals surface area contributed by atoms with Crippen LogP contribution in [0.15, 0.2) is 77.5 Å². The largest absolute Gasteiger partial charge is 0.487 e. The van der Waals surface area contributed by atoms with Crippen LogP contribution >= 0.6 is 34.8 Å². The van der Waals surface area contributed by atoms with E-state index in [0.717, 1.165) is 11.1 Å². The molecular formula is C29H22Cl3NO4. The molecule has 188 valence electrons. The van der Waals surface area contributed by atoms with Gasteiger partial charge in [-0.25, -0.2) is 4.79 Å². The fourth-order valence-corrected chi connectivity index (χ4v) is 5.46. The Morgan fingerprint density at radius 2 is 1.73 bits per heavy atom. The second-order valence-corrected chi connectivity index (χ2v) is 9.95. The van der Waals surface area contributed by atoms with E-state index >= 15 is 0 Å². The van der Waals surface area contributed by atoms with Crippen molar-refractivity contribution in [2.45, 2.75) is 26.4 Å². The molecule has 1 aliphatic heterocycles. The predicted molar refractivity (Wildman–Crippen MR) is 145 cm³/mol. The van der Waals surface area contributed by atoms with Gasteiger partial charge in [-0.15, -0.1) is 0 Å². The summed E-state index contributed by atoms with van der Waals surface area (Å²) in [4.78, 5) is 26.7. The van der Waals surface area contributed by atoms with Crippen molar-refractivity contribution < 1.29 is 19.1 Å². The van der Waals surface area contributed by atoms with Gasteiger partial charge < -0.3 is 14.8 Å². The molecule has 1 heterocycles. The fourth-order valence-electron chi connectivity index (χ4n) is 4.75. The van der Waals surface area contributed by atoms with Crippen molar-refractivity contribution in [3.8, 4) is 5.75 Å². The summed E-state index contributed by atoms with van der Waals surface area (Å²) < 4.78 is 11.3. The first kappa shape index (κ1) is 25.4. The maximum atomic E-state index is 13.6. The molecule has 0 saturated heterocycles. The molecule has 0 saturated carbocycles. The van der Waals surface area contributed by atoms with Crippen LogP contribution in [0.1, 0.15) is 46.8 Å². The zero-order valence-electron chi connectivity index (χ0n) is 20.0. The van der Waals surface area contributed by atoms with Crippen molar-refractivity contribution >= 4 is 52.3 Å². The molecule has 1 N–H and O–H groups in total. The lowest BCUT2D eigenvalue weighted by atomic mass is 9.80. The Morgan fingerprint density at radius 3 is 2.43 bits per heavy atom. The standard InChI is InChI=1S/C29H22Cl3NO4/c1-3-36-29(35)24-15(2)33-27-19-6-4-5-7-20(19)28(34)26(27)25(24)16-9-11-23(22(32)12-16)37-14-17-8-10-18(30)13-21(17)31/h4-13,25,33H,3,14H2,1-2H3/t25-/m0/s1. The number of hydrogen-bond donors (Lipinski definition) is 1. The van der Waals surface area contributed by atoms with E-state index in [1.807, 2.05) is 31.2 Å². The minimum Gasteiger partial charge on any atom is -0.487 e. The van der Waals surface area contributed by atoms with Crippen molar-refractivity contribution in [2.75, 3.05) is 6.61 Å². The number of ether oxygens (including phenoxy) is 2. The number of hydrogen-bond acceptors (Lipinski definition) is 5. The van der Waals surface area contributed by atoms with Crippen LogP contribution in [0.4, 0.5) is 0 Å². The van der Waals surface area contributed by atoms with Gasteiger partial charge >= 0.3 is 5.97 Å². The SMILES string of the molecule is CCOC(=O)C1=C(C)NC2=C(C(=O)c3ccccc32)[C@H]1c1ccc(OCc2ccc(Cl)cc2Cl)c(Cl)c1. The molecule has 1 aliphatic carbocycles. The van der Waals surface area contributed by atoms with E-state index in [0.29, 0.717) is 54.5 Å². The predicted octanol–water partition coefficient (Wildman–Crippen LogP) is 7.36. The number of carbonyl (C=O) groups excluding carboxylic acids is 2. The van der Waals surface area contributed by atoms with Crippen LogP contribution < -0.4 is 10.1 Å². The number of allylic oxidation sites excluding steroid dienone is 2. The van der Waals surface area contributed by atoms with Crippen LogP contribution in [0.3, 0.4) is 0 Å². The Kier molecular flexibility index (Phi) is 7.04. The maximum Gasteiger partial charge on any atom is 0.336 e. The third-order valence-corrected chi connectivity index (χ3v) is 7.31. The Balaban J connectivity index is 1.53. The number of esters is 1. The van der Waals surface area contributed by atoms with E-state index in [1.54, 1.807) is 43.3 Å². The number of dihydropyridines is 1. The van der Waals surface area contributed by atoms with Gasteiger partial charge in [-0.05, 0) is 43.7 Å². The minimum atomic E-state index is -0.660. The Bertz CT molecular complexity index is 1510. The molecule has 5 nitrogen and oxygen atoms in total. The van der Waals surface area contributed by atoms with Crippen molar-refractivity contribution in [3.05, 3.63) is 115 Å². The van der Waals surface area contributed by atoms with Crippen molar-refractivity contribution in [1.29, 1.82) is 0 Å². The van der Waals surface area contributed by atoms with Gasteiger partial charge in [0.2, 0.25) is 0 Å². The molecule has 3 aromatic rings. The number of rotatable bonds is 6. The number of fused-ring (bicyclic) bond motifs is 2. The highest BCUT2D eigenvalue weighted by atomic mass is 35.5. The molecule has 0 spiro atoms. The monoisotopic (exact) mass is 553 g/mol. The first-order valence-electron chi connectivity index (χ1n) is 11.7. The lowest BCUT2D eigenvalue weighted by Gasteiger charge is -2.29. The molecule has 3 aromatic carbocycles. The molecule has 0 radical (unpaired) electrons. The van der Waals surface area contributed by atoms with Crippen LogP contribution in [0, 0.1) is 0 Å². The topological polar surface area (TPSA) is 64.6 Å². The van der Waals surface area contributed by atoms with E-state index in [-0.39, 0.29) is 19.0 Å². The second-order valence-electron chi connectivity index (χ2n) is 8.69. The Hall–Kier alpha value is -3.25. The summed E-state index contributed by atoms with van der Waals surface area (Å²) in [6.07, 6.45) is 0. The van der Waals surface area contributed by atoms with Gasteiger partial charge in [0, 0.05) is 43.9 Å². The van der Waals surface area contributed by atoms with Crippen LogP contribution in [-0.2, 0) is 16.1 Å². The first-order valence-corrected chi connectivity index (χ1v) is 12.8. The smallest absolute Gasteiger partial charge is 0.336 e. The van der Waals surface area contributed by atoms with E-state index < -0.39 is 11.9 Å². The van der Waals surface area contributed by atoms with Gasteiger partial charge in [-0.3, -0.25) is 4.79 Å².